The van der Waals surface area contributed by atoms with E-state index in [1.807, 2.05) is 0 Å². The molecule has 1 unspecified atom stereocenters. The van der Waals surface area contributed by atoms with Crippen molar-refractivity contribution in [2.45, 2.75) is 6.10 Å². The Morgan fingerprint density at radius 2 is 2.12 bits per heavy atom. The lowest BCUT2D eigenvalue weighted by atomic mass is 10.2. The van der Waals surface area contributed by atoms with E-state index in [9.17, 15) is 14.3 Å². The average molecular weight is 227 g/mol. The van der Waals surface area contributed by atoms with E-state index in [1.54, 1.807) is 0 Å². The number of amides is 1. The molecule has 0 aliphatic rings. The molecule has 0 aliphatic heterocycles. The molecule has 0 bridgehead atoms. The van der Waals surface area contributed by atoms with Crippen molar-refractivity contribution in [1.82, 2.24) is 5.32 Å². The molecule has 0 saturated heterocycles. The van der Waals surface area contributed by atoms with Gasteiger partial charge in [0.25, 0.3) is 5.91 Å². The first-order chi connectivity index (χ1) is 7.63. The van der Waals surface area contributed by atoms with Crippen LogP contribution in [-0.2, 0) is 4.74 Å². The first-order valence-electron chi connectivity index (χ1n) is 4.84. The van der Waals surface area contributed by atoms with Gasteiger partial charge in [0.15, 0.2) is 0 Å². The average Bonchev–Trinajstić information content (AvgIpc) is 2.27. The standard InChI is InChI=1S/C11H14FNO3/c1-16-7-10(14)6-13-11(15)8-2-4-9(12)5-3-8/h2-5,10,14H,6-7H2,1H3,(H,13,15). The summed E-state index contributed by atoms with van der Waals surface area (Å²) in [7, 11) is 1.46. The monoisotopic (exact) mass is 227 g/mol. The van der Waals surface area contributed by atoms with E-state index in [4.69, 9.17) is 4.74 Å². The lowest BCUT2D eigenvalue weighted by Crippen LogP contribution is -2.34. The fourth-order valence-corrected chi connectivity index (χ4v) is 1.17. The second-order valence-corrected chi connectivity index (χ2v) is 3.33. The Balaban J connectivity index is 2.43. The van der Waals surface area contributed by atoms with E-state index in [0.717, 1.165) is 0 Å². The maximum atomic E-state index is 12.6. The Kier molecular flexibility index (Phi) is 4.88. The van der Waals surface area contributed by atoms with Crippen LogP contribution in [0.1, 0.15) is 10.4 Å². The van der Waals surface area contributed by atoms with Gasteiger partial charge in [-0.3, -0.25) is 4.79 Å². The number of hydrogen-bond acceptors (Lipinski definition) is 3. The van der Waals surface area contributed by atoms with Gasteiger partial charge >= 0.3 is 0 Å². The highest BCUT2D eigenvalue weighted by molar-refractivity contribution is 5.94. The molecule has 1 atom stereocenters. The van der Waals surface area contributed by atoms with Gasteiger partial charge in [0.1, 0.15) is 5.82 Å². The van der Waals surface area contributed by atoms with Gasteiger partial charge < -0.3 is 15.2 Å². The fraction of sp³-hybridized carbons (Fsp3) is 0.364. The molecule has 2 N–H and O–H groups in total. The molecule has 1 aromatic rings. The molecule has 1 aromatic carbocycles. The third kappa shape index (κ3) is 3.96. The summed E-state index contributed by atoms with van der Waals surface area (Å²) >= 11 is 0. The van der Waals surface area contributed by atoms with Crippen molar-refractivity contribution in [3.63, 3.8) is 0 Å². The van der Waals surface area contributed by atoms with Crippen molar-refractivity contribution >= 4 is 5.91 Å². The van der Waals surface area contributed by atoms with E-state index in [2.05, 4.69) is 5.32 Å². The van der Waals surface area contributed by atoms with E-state index in [-0.39, 0.29) is 19.1 Å². The summed E-state index contributed by atoms with van der Waals surface area (Å²) < 4.78 is 17.3. The summed E-state index contributed by atoms with van der Waals surface area (Å²) in [6, 6.07) is 5.18. The third-order valence-corrected chi connectivity index (χ3v) is 1.96. The van der Waals surface area contributed by atoms with Gasteiger partial charge in [-0.25, -0.2) is 4.39 Å². The minimum atomic E-state index is -0.741. The number of benzene rings is 1. The highest BCUT2D eigenvalue weighted by Crippen LogP contribution is 2.02. The molecular weight excluding hydrogens is 213 g/mol. The zero-order valence-electron chi connectivity index (χ0n) is 8.94. The first-order valence-corrected chi connectivity index (χ1v) is 4.84. The normalized spacial score (nSPS) is 12.2. The molecule has 0 saturated carbocycles. The molecule has 0 spiro atoms. The van der Waals surface area contributed by atoms with Crippen molar-refractivity contribution in [2.75, 3.05) is 20.3 Å². The molecule has 0 radical (unpaired) electrons. The number of hydrogen-bond donors (Lipinski definition) is 2. The van der Waals surface area contributed by atoms with Crippen molar-refractivity contribution in [3.05, 3.63) is 35.6 Å². The molecule has 4 nitrogen and oxygen atoms in total. The lowest BCUT2D eigenvalue weighted by molar-refractivity contribution is 0.0610. The van der Waals surface area contributed by atoms with Crippen molar-refractivity contribution in [2.24, 2.45) is 0 Å². The van der Waals surface area contributed by atoms with E-state index in [1.165, 1.54) is 31.4 Å². The van der Waals surface area contributed by atoms with Gasteiger partial charge in [-0.15, -0.1) is 0 Å². The van der Waals surface area contributed by atoms with Crippen LogP contribution in [0.2, 0.25) is 0 Å². The first kappa shape index (κ1) is 12.6. The number of carbonyl (C=O) groups is 1. The summed E-state index contributed by atoms with van der Waals surface area (Å²) in [5.74, 6) is -0.744. The van der Waals surface area contributed by atoms with E-state index in [0.29, 0.717) is 5.56 Å². The second-order valence-electron chi connectivity index (χ2n) is 3.33. The summed E-state index contributed by atoms with van der Waals surface area (Å²) in [6.07, 6.45) is -0.741. The predicted molar refractivity (Wildman–Crippen MR) is 56.6 cm³/mol. The van der Waals surface area contributed by atoms with Crippen LogP contribution in [-0.4, -0.2) is 37.4 Å². The Labute approximate surface area is 93.0 Å². The highest BCUT2D eigenvalue weighted by atomic mass is 19.1. The second kappa shape index (κ2) is 6.19. The van der Waals surface area contributed by atoms with Crippen molar-refractivity contribution < 1.29 is 19.0 Å². The van der Waals surface area contributed by atoms with Crippen LogP contribution < -0.4 is 5.32 Å². The largest absolute Gasteiger partial charge is 0.389 e. The van der Waals surface area contributed by atoms with Gasteiger partial charge in [0.05, 0.1) is 12.7 Å². The number of aliphatic hydroxyl groups excluding tert-OH is 1. The Hall–Kier alpha value is -1.46. The molecule has 88 valence electrons. The predicted octanol–water partition coefficient (Wildman–Crippen LogP) is 0.563. The number of methoxy groups -OCH3 is 1. The molecule has 1 rings (SSSR count). The molecule has 0 fully saturated rings. The molecule has 0 aromatic heterocycles. The Morgan fingerprint density at radius 3 is 2.69 bits per heavy atom. The molecule has 1 amide bonds. The van der Waals surface area contributed by atoms with Crippen LogP contribution in [0.15, 0.2) is 24.3 Å². The van der Waals surface area contributed by atoms with Gasteiger partial charge in [-0.05, 0) is 24.3 Å². The Morgan fingerprint density at radius 1 is 1.50 bits per heavy atom. The molecule has 16 heavy (non-hydrogen) atoms. The van der Waals surface area contributed by atoms with Crippen LogP contribution >= 0.6 is 0 Å². The zero-order chi connectivity index (χ0) is 12.0. The minimum absolute atomic E-state index is 0.101. The maximum absolute atomic E-state index is 12.6. The van der Waals surface area contributed by atoms with Crippen LogP contribution in [0.5, 0.6) is 0 Å². The van der Waals surface area contributed by atoms with E-state index >= 15 is 0 Å². The van der Waals surface area contributed by atoms with Crippen LogP contribution in [0.3, 0.4) is 0 Å². The van der Waals surface area contributed by atoms with Gasteiger partial charge in [-0.1, -0.05) is 0 Å². The number of aliphatic hydroxyl groups is 1. The van der Waals surface area contributed by atoms with E-state index < -0.39 is 11.9 Å². The van der Waals surface area contributed by atoms with Crippen LogP contribution in [0.25, 0.3) is 0 Å². The minimum Gasteiger partial charge on any atom is -0.389 e. The van der Waals surface area contributed by atoms with Crippen molar-refractivity contribution in [1.29, 1.82) is 0 Å². The highest BCUT2D eigenvalue weighted by Gasteiger charge is 2.08. The number of ether oxygens (including phenoxy) is 1. The van der Waals surface area contributed by atoms with Crippen LogP contribution in [0, 0.1) is 5.82 Å². The lowest BCUT2D eigenvalue weighted by Gasteiger charge is -2.10. The number of halogens is 1. The summed E-state index contributed by atoms with van der Waals surface area (Å²) in [6.45, 7) is 0.258. The Bertz CT molecular complexity index is 340. The molecule has 0 aliphatic carbocycles. The number of rotatable bonds is 5. The summed E-state index contributed by atoms with van der Waals surface area (Å²) in [4.78, 5) is 11.5. The van der Waals surface area contributed by atoms with Gasteiger partial charge in [-0.2, -0.15) is 0 Å². The maximum Gasteiger partial charge on any atom is 0.251 e. The fourth-order valence-electron chi connectivity index (χ4n) is 1.17. The SMILES string of the molecule is COCC(O)CNC(=O)c1ccc(F)cc1. The topological polar surface area (TPSA) is 58.6 Å². The smallest absolute Gasteiger partial charge is 0.251 e. The summed E-state index contributed by atoms with van der Waals surface area (Å²) in [5.41, 5.74) is 0.353. The zero-order valence-corrected chi connectivity index (χ0v) is 8.94. The summed E-state index contributed by atoms with van der Waals surface area (Å²) in [5, 5.41) is 11.8. The molecule has 5 heteroatoms. The van der Waals surface area contributed by atoms with Gasteiger partial charge in [0, 0.05) is 19.2 Å². The van der Waals surface area contributed by atoms with Crippen LogP contribution in [0.4, 0.5) is 4.39 Å². The number of nitrogens with one attached hydrogen (secondary N) is 1. The molecule has 0 heterocycles. The third-order valence-electron chi connectivity index (χ3n) is 1.96. The number of carbonyl (C=O) groups excluding carboxylic acids is 1. The van der Waals surface area contributed by atoms with Gasteiger partial charge in [0.2, 0.25) is 0 Å². The van der Waals surface area contributed by atoms with Crippen molar-refractivity contribution in [3.8, 4) is 0 Å². The quantitative estimate of drug-likeness (QED) is 0.772. The molecular formula is C11H14FNO3.